The van der Waals surface area contributed by atoms with Crippen LogP contribution in [-0.4, -0.2) is 41.0 Å². The average molecular weight is 582 g/mol. The number of amides is 2. The number of hydrogen-bond donors (Lipinski definition) is 3. The van der Waals surface area contributed by atoms with Crippen LogP contribution in [0.2, 0.25) is 0 Å². The number of carbonyl (C=O) groups is 2. The van der Waals surface area contributed by atoms with Gasteiger partial charge in [-0.1, -0.05) is 57.2 Å². The summed E-state index contributed by atoms with van der Waals surface area (Å²) in [5.41, 5.74) is 0. The summed E-state index contributed by atoms with van der Waals surface area (Å²) in [7, 11) is -2.99. The molecule has 1 aromatic heterocycles. The van der Waals surface area contributed by atoms with Crippen LogP contribution in [0.25, 0.3) is 10.1 Å². The Morgan fingerprint density at radius 1 is 1.21 bits per heavy atom. The largest absolute Gasteiger partial charge is 0.354 e. The summed E-state index contributed by atoms with van der Waals surface area (Å²) in [6.45, 7) is 11.5. The molecule has 2 rings (SSSR count). The predicted molar refractivity (Wildman–Crippen MR) is 161 cm³/mol. The van der Waals surface area contributed by atoms with Gasteiger partial charge in [0.25, 0.3) is 5.91 Å². The fourth-order valence-corrected chi connectivity index (χ4v) is 6.30. The highest BCUT2D eigenvalue weighted by Crippen LogP contribution is 2.25. The summed E-state index contributed by atoms with van der Waals surface area (Å²) >= 11 is 7.35. The Bertz CT molecular complexity index is 1280. The van der Waals surface area contributed by atoms with Crippen molar-refractivity contribution in [3.63, 3.8) is 0 Å². The zero-order chi connectivity index (χ0) is 28.5. The Labute approximate surface area is 234 Å². The predicted octanol–water partition coefficient (Wildman–Crippen LogP) is 5.92. The smallest absolute Gasteiger partial charge is 0.262 e. The van der Waals surface area contributed by atoms with Gasteiger partial charge in [0, 0.05) is 17.8 Å². The van der Waals surface area contributed by atoms with Crippen LogP contribution in [0.5, 0.6) is 0 Å². The lowest BCUT2D eigenvalue weighted by Gasteiger charge is -2.21. The molecule has 0 saturated carbocycles. The molecular weight excluding hydrogens is 545 g/mol. The summed E-state index contributed by atoms with van der Waals surface area (Å²) in [5, 5.41) is 6.84. The summed E-state index contributed by atoms with van der Waals surface area (Å²) < 4.78 is 29.9. The van der Waals surface area contributed by atoms with Crippen molar-refractivity contribution in [3.05, 3.63) is 69.7 Å². The van der Waals surface area contributed by atoms with Gasteiger partial charge in [0.2, 0.25) is 5.91 Å². The van der Waals surface area contributed by atoms with Crippen LogP contribution in [0, 0.1) is 11.8 Å². The number of rotatable bonds is 14. The quantitative estimate of drug-likeness (QED) is 0.191. The molecule has 1 heterocycles. The van der Waals surface area contributed by atoms with Crippen LogP contribution in [0.3, 0.4) is 0 Å². The van der Waals surface area contributed by atoms with Gasteiger partial charge < -0.3 is 10.6 Å². The SMILES string of the molecule is C=C(Cl)/C(=C\C=C(/C)F)S(=C)(=O)NCCC(C)CNC(=O)C(CC(C)C)NC(=O)c1cc2ccccc2s1. The van der Waals surface area contributed by atoms with E-state index < -0.39 is 21.6 Å². The van der Waals surface area contributed by atoms with Gasteiger partial charge >= 0.3 is 0 Å². The summed E-state index contributed by atoms with van der Waals surface area (Å²) in [4.78, 5) is 26.6. The number of benzene rings is 1. The summed E-state index contributed by atoms with van der Waals surface area (Å²) in [5.74, 6) is 2.97. The van der Waals surface area contributed by atoms with Crippen molar-refractivity contribution in [2.45, 2.75) is 46.6 Å². The number of carbonyl (C=O) groups excluding carboxylic acids is 2. The number of allylic oxidation sites excluding steroid dienone is 4. The van der Waals surface area contributed by atoms with E-state index >= 15 is 0 Å². The zero-order valence-electron chi connectivity index (χ0n) is 22.3. The minimum absolute atomic E-state index is 0.0178. The lowest BCUT2D eigenvalue weighted by atomic mass is 10.0. The van der Waals surface area contributed by atoms with Crippen molar-refractivity contribution < 1.29 is 18.2 Å². The van der Waals surface area contributed by atoms with Gasteiger partial charge in [-0.2, -0.15) is 0 Å². The highest BCUT2D eigenvalue weighted by atomic mass is 35.5. The highest BCUT2D eigenvalue weighted by Gasteiger charge is 2.24. The first-order valence-corrected chi connectivity index (χ1v) is 15.3. The van der Waals surface area contributed by atoms with Crippen molar-refractivity contribution in [2.75, 3.05) is 13.1 Å². The van der Waals surface area contributed by atoms with Gasteiger partial charge in [-0.05, 0) is 67.1 Å². The number of thiophene rings is 1. The van der Waals surface area contributed by atoms with Crippen LogP contribution < -0.4 is 15.4 Å². The molecule has 208 valence electrons. The van der Waals surface area contributed by atoms with Crippen LogP contribution >= 0.6 is 22.9 Å². The highest BCUT2D eigenvalue weighted by molar-refractivity contribution is 8.02. The van der Waals surface area contributed by atoms with Crippen LogP contribution in [0.15, 0.2) is 64.8 Å². The van der Waals surface area contributed by atoms with E-state index in [4.69, 9.17) is 11.6 Å². The lowest BCUT2D eigenvalue weighted by molar-refractivity contribution is -0.123. The number of hydrogen-bond acceptors (Lipinski definition) is 4. The van der Waals surface area contributed by atoms with E-state index in [0.29, 0.717) is 30.8 Å². The van der Waals surface area contributed by atoms with E-state index in [1.165, 1.54) is 24.3 Å². The molecule has 0 radical (unpaired) electrons. The fraction of sp³-hybridized carbons (Fsp3) is 0.393. The third-order valence-electron chi connectivity index (χ3n) is 5.66. The van der Waals surface area contributed by atoms with Crippen molar-refractivity contribution >= 4 is 60.4 Å². The molecule has 2 aromatic rings. The molecule has 0 spiro atoms. The van der Waals surface area contributed by atoms with Gasteiger partial charge in [-0.25, -0.2) is 13.3 Å². The molecule has 0 aliphatic heterocycles. The number of nitrogens with one attached hydrogen (secondary N) is 3. The zero-order valence-corrected chi connectivity index (χ0v) is 24.7. The van der Waals surface area contributed by atoms with E-state index in [9.17, 15) is 18.2 Å². The normalized spacial score (nSPS) is 15.7. The first kappa shape index (κ1) is 31.8. The Hall–Kier alpha value is -2.46. The summed E-state index contributed by atoms with van der Waals surface area (Å²) in [6.07, 6.45) is 3.54. The Kier molecular flexibility index (Phi) is 12.2. The van der Waals surface area contributed by atoms with Gasteiger partial charge in [0.15, 0.2) is 0 Å². The Balaban J connectivity index is 1.92. The van der Waals surface area contributed by atoms with Gasteiger partial charge in [0.05, 0.1) is 30.3 Å². The van der Waals surface area contributed by atoms with Crippen molar-refractivity contribution in [1.29, 1.82) is 0 Å². The molecule has 0 fully saturated rings. The van der Waals surface area contributed by atoms with Gasteiger partial charge in [-0.15, -0.1) is 11.3 Å². The molecule has 3 unspecified atom stereocenters. The maximum absolute atomic E-state index is 13.1. The summed E-state index contributed by atoms with van der Waals surface area (Å²) in [6, 6.07) is 8.94. The van der Waals surface area contributed by atoms with Crippen LogP contribution in [0.1, 0.15) is 50.2 Å². The monoisotopic (exact) mass is 581 g/mol. The second-order valence-electron chi connectivity index (χ2n) is 9.70. The second-order valence-corrected chi connectivity index (χ2v) is 13.3. The molecule has 0 aliphatic carbocycles. The second kappa shape index (κ2) is 14.6. The van der Waals surface area contributed by atoms with Crippen molar-refractivity contribution in [2.24, 2.45) is 11.8 Å². The molecule has 3 atom stereocenters. The standard InChI is InChI=1S/C28H37ClFN3O3S2/c1-18(2)15-23(33-28(35)25-16-22-9-7-8-10-24(22)37-25)27(34)31-17-19(3)13-14-32-38(6,36)26(21(5)29)12-11-20(4)30/h7-12,16,18-19,23H,5-6,13-15,17H2,1-4H3,(H,31,34)(H,32,36)(H,33,35)/b20-11+,26-12+. The molecular formula is C28H37ClFN3O3S2. The van der Waals surface area contributed by atoms with Crippen molar-refractivity contribution in [3.8, 4) is 0 Å². The lowest BCUT2D eigenvalue weighted by Crippen LogP contribution is -2.48. The third kappa shape index (κ3) is 10.0. The molecule has 1 aromatic carbocycles. The first-order valence-electron chi connectivity index (χ1n) is 12.4. The molecule has 2 amide bonds. The minimum atomic E-state index is -2.99. The van der Waals surface area contributed by atoms with Crippen molar-refractivity contribution in [1.82, 2.24) is 15.4 Å². The topological polar surface area (TPSA) is 87.3 Å². The van der Waals surface area contributed by atoms with Gasteiger partial charge in [0.1, 0.15) is 6.04 Å². The molecule has 0 bridgehead atoms. The maximum Gasteiger partial charge on any atom is 0.262 e. The Morgan fingerprint density at radius 2 is 1.89 bits per heavy atom. The maximum atomic E-state index is 13.1. The van der Waals surface area contributed by atoms with E-state index in [-0.39, 0.29) is 33.6 Å². The molecule has 38 heavy (non-hydrogen) atoms. The van der Waals surface area contributed by atoms with Gasteiger partial charge in [-0.3, -0.25) is 9.59 Å². The number of fused-ring (bicyclic) bond motifs is 1. The Morgan fingerprint density at radius 3 is 2.50 bits per heavy atom. The fourth-order valence-electron chi connectivity index (χ4n) is 3.64. The van der Waals surface area contributed by atoms with E-state index in [1.807, 2.05) is 51.1 Å². The molecule has 3 N–H and O–H groups in total. The minimum Gasteiger partial charge on any atom is -0.354 e. The molecule has 0 saturated heterocycles. The number of halogens is 2. The molecule has 10 heteroatoms. The first-order chi connectivity index (χ1) is 17.8. The third-order valence-corrected chi connectivity index (χ3v) is 8.86. The molecule has 6 nitrogen and oxygen atoms in total. The van der Waals surface area contributed by atoms with E-state index in [2.05, 4.69) is 27.8 Å². The average Bonchev–Trinajstić information content (AvgIpc) is 3.25. The van der Waals surface area contributed by atoms with E-state index in [0.717, 1.165) is 16.2 Å². The molecule has 0 aliphatic rings. The van der Waals surface area contributed by atoms with E-state index in [1.54, 1.807) is 0 Å². The van der Waals surface area contributed by atoms with Crippen LogP contribution in [0.4, 0.5) is 4.39 Å². The van der Waals surface area contributed by atoms with Crippen LogP contribution in [-0.2, 0) is 14.5 Å².